The molecule has 2 aromatic rings. The lowest BCUT2D eigenvalue weighted by Crippen LogP contribution is -2.46. The normalized spacial score (nSPS) is 16.4. The molecule has 0 saturated heterocycles. The van der Waals surface area contributed by atoms with Crippen LogP contribution in [0, 0.1) is 12.8 Å². The Bertz CT molecular complexity index is 670. The molecule has 0 spiro atoms. The van der Waals surface area contributed by atoms with Gasteiger partial charge in [-0.15, -0.1) is 11.3 Å². The predicted molar refractivity (Wildman–Crippen MR) is 95.0 cm³/mol. The third-order valence-corrected chi connectivity index (χ3v) is 5.16. The van der Waals surface area contributed by atoms with Crippen LogP contribution in [0.1, 0.15) is 34.3 Å². The zero-order valence-corrected chi connectivity index (χ0v) is 14.6. The fourth-order valence-electron chi connectivity index (χ4n) is 2.75. The quantitative estimate of drug-likeness (QED) is 0.722. The van der Waals surface area contributed by atoms with Crippen LogP contribution in [0.15, 0.2) is 36.5 Å². The lowest BCUT2D eigenvalue weighted by Gasteiger charge is -2.20. The van der Waals surface area contributed by atoms with Crippen molar-refractivity contribution in [2.75, 3.05) is 6.61 Å². The van der Waals surface area contributed by atoms with Gasteiger partial charge in [-0.05, 0) is 37.7 Å². The summed E-state index contributed by atoms with van der Waals surface area (Å²) < 4.78 is 0. The molecule has 1 aliphatic carbocycles. The Hall–Kier alpha value is -1.92. The monoisotopic (exact) mass is 345 g/mol. The minimum Gasteiger partial charge on any atom is -0.394 e. The molecule has 24 heavy (non-hydrogen) atoms. The maximum absolute atomic E-state index is 12.4. The van der Waals surface area contributed by atoms with Gasteiger partial charge in [-0.3, -0.25) is 0 Å². The number of hydrogen-bond acceptors (Lipinski definition) is 4. The van der Waals surface area contributed by atoms with Gasteiger partial charge in [0.2, 0.25) is 0 Å². The molecule has 2 unspecified atom stereocenters. The molecule has 0 radical (unpaired) electrons. The van der Waals surface area contributed by atoms with E-state index in [1.807, 2.05) is 43.5 Å². The molecule has 1 heterocycles. The Morgan fingerprint density at radius 3 is 2.67 bits per heavy atom. The topological polar surface area (TPSA) is 74.2 Å². The molecule has 2 atom stereocenters. The molecule has 0 aliphatic heterocycles. The lowest BCUT2D eigenvalue weighted by molar-refractivity contribution is 0.212. The molecule has 1 saturated carbocycles. The number of rotatable bonds is 7. The van der Waals surface area contributed by atoms with Crippen molar-refractivity contribution in [1.82, 2.24) is 15.6 Å². The van der Waals surface area contributed by atoms with Crippen LogP contribution in [0.5, 0.6) is 0 Å². The van der Waals surface area contributed by atoms with Gasteiger partial charge in [0.15, 0.2) is 0 Å². The first-order valence-electron chi connectivity index (χ1n) is 8.30. The molecule has 1 aliphatic rings. The van der Waals surface area contributed by atoms with E-state index in [0.29, 0.717) is 12.3 Å². The molecular weight excluding hydrogens is 322 g/mol. The number of benzene rings is 1. The van der Waals surface area contributed by atoms with Gasteiger partial charge in [0, 0.05) is 11.1 Å². The summed E-state index contributed by atoms with van der Waals surface area (Å²) in [5.74, 6) is 0.475. The molecule has 6 heteroatoms. The van der Waals surface area contributed by atoms with Gasteiger partial charge in [-0.25, -0.2) is 9.78 Å². The van der Waals surface area contributed by atoms with Crippen molar-refractivity contribution in [1.29, 1.82) is 0 Å². The Kier molecular flexibility index (Phi) is 5.48. The van der Waals surface area contributed by atoms with Gasteiger partial charge in [-0.1, -0.05) is 30.3 Å². The average Bonchev–Trinajstić information content (AvgIpc) is 3.34. The second-order valence-corrected chi connectivity index (χ2v) is 7.58. The van der Waals surface area contributed by atoms with Crippen molar-refractivity contribution in [3.8, 4) is 0 Å². The average molecular weight is 345 g/mol. The van der Waals surface area contributed by atoms with Gasteiger partial charge >= 0.3 is 6.03 Å². The minimum absolute atomic E-state index is 0.0280. The van der Waals surface area contributed by atoms with Crippen molar-refractivity contribution >= 4 is 17.4 Å². The highest BCUT2D eigenvalue weighted by Gasteiger charge is 2.35. The molecule has 1 aromatic heterocycles. The number of urea groups is 1. The summed E-state index contributed by atoms with van der Waals surface area (Å²) in [6.45, 7) is 1.93. The molecule has 0 bridgehead atoms. The number of carbonyl (C=O) groups is 1. The number of nitrogens with zero attached hydrogens (tertiary/aromatic N) is 1. The van der Waals surface area contributed by atoms with Gasteiger partial charge in [0.1, 0.15) is 5.01 Å². The summed E-state index contributed by atoms with van der Waals surface area (Å²) >= 11 is 1.63. The van der Waals surface area contributed by atoms with E-state index in [0.717, 1.165) is 28.3 Å². The van der Waals surface area contributed by atoms with Crippen LogP contribution in [-0.2, 0) is 6.42 Å². The molecule has 1 aromatic carbocycles. The number of thiazole rings is 1. The standard InChI is InChI=1S/C18H23N3O2S/c1-12-10-19-17(24-12)16(14-7-8-14)21-18(23)20-15(11-22)9-13-5-3-2-4-6-13/h2-6,10,14-16,22H,7-9,11H2,1H3,(H2,20,21,23). The number of carbonyl (C=O) groups excluding carboxylic acids is 1. The number of hydrogen-bond donors (Lipinski definition) is 3. The van der Waals surface area contributed by atoms with Crippen LogP contribution in [0.3, 0.4) is 0 Å². The molecule has 128 valence electrons. The number of aromatic nitrogens is 1. The lowest BCUT2D eigenvalue weighted by atomic mass is 10.1. The zero-order chi connectivity index (χ0) is 16.9. The fraction of sp³-hybridized carbons (Fsp3) is 0.444. The second kappa shape index (κ2) is 7.77. The first-order chi connectivity index (χ1) is 11.7. The Labute approximate surface area is 146 Å². The third kappa shape index (κ3) is 4.55. The summed E-state index contributed by atoms with van der Waals surface area (Å²) in [5, 5.41) is 16.5. The maximum Gasteiger partial charge on any atom is 0.315 e. The van der Waals surface area contributed by atoms with E-state index in [9.17, 15) is 9.90 Å². The van der Waals surface area contributed by atoms with Gasteiger partial charge in [0.25, 0.3) is 0 Å². The summed E-state index contributed by atoms with van der Waals surface area (Å²) in [4.78, 5) is 17.9. The number of amides is 2. The first-order valence-corrected chi connectivity index (χ1v) is 9.11. The van der Waals surface area contributed by atoms with Gasteiger partial charge < -0.3 is 15.7 Å². The highest BCUT2D eigenvalue weighted by atomic mass is 32.1. The number of aliphatic hydroxyl groups is 1. The van der Waals surface area contributed by atoms with Crippen LogP contribution < -0.4 is 10.6 Å². The van der Waals surface area contributed by atoms with E-state index in [1.54, 1.807) is 11.3 Å². The Morgan fingerprint density at radius 2 is 2.08 bits per heavy atom. The van der Waals surface area contributed by atoms with E-state index < -0.39 is 0 Å². The number of nitrogens with one attached hydrogen (secondary N) is 2. The molecule has 5 nitrogen and oxygen atoms in total. The van der Waals surface area contributed by atoms with Crippen LogP contribution >= 0.6 is 11.3 Å². The largest absolute Gasteiger partial charge is 0.394 e. The van der Waals surface area contributed by atoms with E-state index in [-0.39, 0.29) is 24.7 Å². The Morgan fingerprint density at radius 1 is 1.33 bits per heavy atom. The van der Waals surface area contributed by atoms with Crippen molar-refractivity contribution < 1.29 is 9.90 Å². The molecule has 3 rings (SSSR count). The summed E-state index contributed by atoms with van der Waals surface area (Å²) in [5.41, 5.74) is 1.09. The molecule has 2 amide bonds. The summed E-state index contributed by atoms with van der Waals surface area (Å²) in [6, 6.07) is 9.28. The van der Waals surface area contributed by atoms with Crippen LogP contribution in [0.4, 0.5) is 4.79 Å². The fourth-order valence-corrected chi connectivity index (χ4v) is 3.67. The van der Waals surface area contributed by atoms with Gasteiger partial charge in [-0.2, -0.15) is 0 Å². The smallest absolute Gasteiger partial charge is 0.315 e. The van der Waals surface area contributed by atoms with Gasteiger partial charge in [0.05, 0.1) is 18.7 Å². The summed E-state index contributed by atoms with van der Waals surface area (Å²) in [7, 11) is 0. The van der Waals surface area contributed by atoms with E-state index in [4.69, 9.17) is 0 Å². The zero-order valence-electron chi connectivity index (χ0n) is 13.7. The molecular formula is C18H23N3O2S. The predicted octanol–water partition coefficient (Wildman–Crippen LogP) is 2.81. The third-order valence-electron chi connectivity index (χ3n) is 4.17. The van der Waals surface area contributed by atoms with Crippen molar-refractivity contribution in [3.05, 3.63) is 52.0 Å². The highest BCUT2D eigenvalue weighted by Crippen LogP contribution is 2.41. The first kappa shape index (κ1) is 16.9. The van der Waals surface area contributed by atoms with E-state index in [2.05, 4.69) is 15.6 Å². The van der Waals surface area contributed by atoms with Crippen molar-refractivity contribution in [2.45, 2.75) is 38.3 Å². The van der Waals surface area contributed by atoms with Crippen LogP contribution in [0.2, 0.25) is 0 Å². The molecule has 1 fully saturated rings. The summed E-state index contributed by atoms with van der Waals surface area (Å²) in [6.07, 6.45) is 4.70. The second-order valence-electron chi connectivity index (χ2n) is 6.31. The highest BCUT2D eigenvalue weighted by molar-refractivity contribution is 7.11. The van der Waals surface area contributed by atoms with Crippen molar-refractivity contribution in [2.24, 2.45) is 5.92 Å². The van der Waals surface area contributed by atoms with Crippen molar-refractivity contribution in [3.63, 3.8) is 0 Å². The van der Waals surface area contributed by atoms with E-state index >= 15 is 0 Å². The van der Waals surface area contributed by atoms with Crippen LogP contribution in [0.25, 0.3) is 0 Å². The maximum atomic E-state index is 12.4. The Balaban J connectivity index is 1.58. The SMILES string of the molecule is Cc1cnc(C(NC(=O)NC(CO)Cc2ccccc2)C2CC2)s1. The molecule has 3 N–H and O–H groups in total. The van der Waals surface area contributed by atoms with Crippen LogP contribution in [-0.4, -0.2) is 28.8 Å². The number of aryl methyl sites for hydroxylation is 1. The van der Waals surface area contributed by atoms with E-state index in [1.165, 1.54) is 0 Å². The minimum atomic E-state index is -0.301. The number of aliphatic hydroxyl groups excluding tert-OH is 1.